The lowest BCUT2D eigenvalue weighted by Crippen LogP contribution is -2.44. The Hall–Kier alpha value is -3.88. The maximum absolute atomic E-state index is 13.1. The van der Waals surface area contributed by atoms with Crippen molar-refractivity contribution in [3.63, 3.8) is 0 Å². The van der Waals surface area contributed by atoms with Gasteiger partial charge >= 0.3 is 0 Å². The van der Waals surface area contributed by atoms with Gasteiger partial charge in [-0.3, -0.25) is 15.0 Å². The summed E-state index contributed by atoms with van der Waals surface area (Å²) in [6, 6.07) is 24.9. The molecule has 1 aliphatic heterocycles. The zero-order valence-electron chi connectivity index (χ0n) is 18.8. The number of thiocarbonyl (C=S) groups is 1. The number of nitrogens with zero attached hydrogens (tertiary/aromatic N) is 2. The third-order valence-electron chi connectivity index (χ3n) is 5.66. The Morgan fingerprint density at radius 3 is 2.49 bits per heavy atom. The molecule has 6 nitrogen and oxygen atoms in total. The Balaban J connectivity index is 1.40. The first kappa shape index (κ1) is 22.9. The van der Waals surface area contributed by atoms with Crippen LogP contribution in [0.4, 0.5) is 0 Å². The van der Waals surface area contributed by atoms with Crippen molar-refractivity contribution < 1.29 is 14.3 Å². The van der Waals surface area contributed by atoms with Crippen molar-refractivity contribution in [1.29, 1.82) is 0 Å². The summed E-state index contributed by atoms with van der Waals surface area (Å²) in [6.07, 6.45) is 3.88. The van der Waals surface area contributed by atoms with E-state index >= 15 is 0 Å². The molecule has 0 saturated carbocycles. The maximum atomic E-state index is 13.1. The minimum Gasteiger partial charge on any atom is -0.497 e. The maximum Gasteiger partial charge on any atom is 0.285 e. The molecule has 4 aromatic rings. The van der Waals surface area contributed by atoms with E-state index in [9.17, 15) is 9.59 Å². The Labute approximate surface area is 212 Å². The first-order valence-corrected chi connectivity index (χ1v) is 12.1. The van der Waals surface area contributed by atoms with Crippen LogP contribution in [0.1, 0.15) is 21.5 Å². The third-order valence-corrected chi connectivity index (χ3v) is 6.96. The smallest absolute Gasteiger partial charge is 0.285 e. The standard InChI is InChI=1S/C27H21N3O3S2/c1-33-21-13-11-19(12-14-21)25(31)28-30-26(32)24(35-27(30)34)15-20-17-29(16-18-7-3-2-4-8-18)23-10-6-5-9-22(20)23/h2-15,17H,16H2,1H3,(H,28,31)/b24-15-. The number of methoxy groups -OCH3 is 1. The fraction of sp³-hybridized carbons (Fsp3) is 0.0741. The normalized spacial score (nSPS) is 14.7. The van der Waals surface area contributed by atoms with E-state index < -0.39 is 5.91 Å². The van der Waals surface area contributed by atoms with Gasteiger partial charge < -0.3 is 9.30 Å². The van der Waals surface area contributed by atoms with Crippen LogP contribution in [0.25, 0.3) is 17.0 Å². The molecule has 0 unspecified atom stereocenters. The summed E-state index contributed by atoms with van der Waals surface area (Å²) >= 11 is 6.56. The fourth-order valence-corrected chi connectivity index (χ4v) is 5.09. The van der Waals surface area contributed by atoms with Gasteiger partial charge in [0.25, 0.3) is 11.8 Å². The van der Waals surface area contributed by atoms with Gasteiger partial charge in [0.15, 0.2) is 4.32 Å². The molecule has 1 fully saturated rings. The molecule has 1 aliphatic rings. The van der Waals surface area contributed by atoms with Crippen LogP contribution in [0.2, 0.25) is 0 Å². The van der Waals surface area contributed by atoms with Crippen molar-refractivity contribution in [3.8, 4) is 5.75 Å². The van der Waals surface area contributed by atoms with E-state index in [4.69, 9.17) is 17.0 Å². The molecule has 35 heavy (non-hydrogen) atoms. The highest BCUT2D eigenvalue weighted by Crippen LogP contribution is 2.34. The minimum atomic E-state index is -0.426. The van der Waals surface area contributed by atoms with Gasteiger partial charge in [-0.2, -0.15) is 5.01 Å². The van der Waals surface area contributed by atoms with Gasteiger partial charge in [-0.15, -0.1) is 0 Å². The van der Waals surface area contributed by atoms with E-state index in [1.54, 1.807) is 31.4 Å². The first-order chi connectivity index (χ1) is 17.0. The topological polar surface area (TPSA) is 63.6 Å². The van der Waals surface area contributed by atoms with E-state index in [0.717, 1.165) is 21.5 Å². The molecular formula is C27H21N3O3S2. The van der Waals surface area contributed by atoms with Crippen LogP contribution in [-0.2, 0) is 11.3 Å². The highest BCUT2D eigenvalue weighted by Gasteiger charge is 2.34. The fourth-order valence-electron chi connectivity index (χ4n) is 3.91. The average molecular weight is 500 g/mol. The summed E-state index contributed by atoms with van der Waals surface area (Å²) in [5.74, 6) is -0.145. The van der Waals surface area contributed by atoms with E-state index in [1.165, 1.54) is 17.3 Å². The Morgan fingerprint density at radius 1 is 1.03 bits per heavy atom. The number of aromatic nitrogens is 1. The van der Waals surface area contributed by atoms with Crippen molar-refractivity contribution in [3.05, 3.63) is 107 Å². The number of benzene rings is 3. The van der Waals surface area contributed by atoms with Crippen LogP contribution in [0.15, 0.2) is 90.0 Å². The Kier molecular flexibility index (Phi) is 6.39. The quantitative estimate of drug-likeness (QED) is 0.290. The van der Waals surface area contributed by atoms with E-state index in [2.05, 4.69) is 28.2 Å². The number of hydrazine groups is 1. The molecule has 0 radical (unpaired) electrons. The van der Waals surface area contributed by atoms with Crippen molar-refractivity contribution >= 4 is 57.1 Å². The number of nitrogens with one attached hydrogen (secondary N) is 1. The average Bonchev–Trinajstić information content (AvgIpc) is 3.36. The van der Waals surface area contributed by atoms with Gasteiger partial charge in [0.05, 0.1) is 12.0 Å². The molecule has 0 aliphatic carbocycles. The Morgan fingerprint density at radius 2 is 1.74 bits per heavy atom. The van der Waals surface area contributed by atoms with Crippen LogP contribution in [0.5, 0.6) is 5.75 Å². The molecule has 2 heterocycles. The zero-order valence-corrected chi connectivity index (χ0v) is 20.4. The van der Waals surface area contributed by atoms with Crippen LogP contribution in [0, 0.1) is 0 Å². The number of hydrogen-bond donors (Lipinski definition) is 1. The number of rotatable bonds is 6. The summed E-state index contributed by atoms with van der Waals surface area (Å²) in [5.41, 5.74) is 6.19. The number of hydrogen-bond acceptors (Lipinski definition) is 5. The summed E-state index contributed by atoms with van der Waals surface area (Å²) in [4.78, 5) is 26.3. The van der Waals surface area contributed by atoms with Crippen LogP contribution >= 0.6 is 24.0 Å². The molecule has 1 aromatic heterocycles. The van der Waals surface area contributed by atoms with Gasteiger partial charge in [0.2, 0.25) is 0 Å². The molecule has 2 amide bonds. The van der Waals surface area contributed by atoms with E-state index in [0.29, 0.717) is 22.8 Å². The van der Waals surface area contributed by atoms with Gasteiger partial charge in [-0.05, 0) is 54.2 Å². The van der Waals surface area contributed by atoms with Gasteiger partial charge in [0, 0.05) is 34.8 Å². The second-order valence-electron chi connectivity index (χ2n) is 7.90. The molecule has 1 saturated heterocycles. The molecule has 5 rings (SSSR count). The number of carbonyl (C=O) groups excluding carboxylic acids is 2. The number of ether oxygens (including phenoxy) is 1. The second kappa shape index (κ2) is 9.77. The Bertz CT molecular complexity index is 1460. The number of thioether (sulfide) groups is 1. The van der Waals surface area contributed by atoms with Crippen molar-refractivity contribution in [2.45, 2.75) is 6.54 Å². The van der Waals surface area contributed by atoms with Crippen molar-refractivity contribution in [1.82, 2.24) is 15.0 Å². The number of fused-ring (bicyclic) bond motifs is 1. The SMILES string of the molecule is COc1ccc(C(=O)NN2C(=O)/C(=C/c3cn(Cc4ccccc4)c4ccccc34)SC2=S)cc1. The highest BCUT2D eigenvalue weighted by atomic mass is 32.2. The van der Waals surface area contributed by atoms with E-state index in [-0.39, 0.29) is 10.2 Å². The summed E-state index contributed by atoms with van der Waals surface area (Å²) in [6.45, 7) is 0.716. The zero-order chi connectivity index (χ0) is 24.4. The number of para-hydroxylation sites is 1. The monoisotopic (exact) mass is 499 g/mol. The number of amides is 2. The minimum absolute atomic E-state index is 0.274. The highest BCUT2D eigenvalue weighted by molar-refractivity contribution is 8.26. The van der Waals surface area contributed by atoms with Crippen molar-refractivity contribution in [2.75, 3.05) is 7.11 Å². The summed E-state index contributed by atoms with van der Waals surface area (Å²) in [5, 5.41) is 2.16. The summed E-state index contributed by atoms with van der Waals surface area (Å²) in [7, 11) is 1.56. The number of carbonyl (C=O) groups is 2. The molecule has 8 heteroatoms. The largest absolute Gasteiger partial charge is 0.497 e. The lowest BCUT2D eigenvalue weighted by molar-refractivity contribution is -0.123. The van der Waals surface area contributed by atoms with Crippen LogP contribution < -0.4 is 10.2 Å². The molecule has 1 N–H and O–H groups in total. The van der Waals surface area contributed by atoms with Gasteiger partial charge in [0.1, 0.15) is 5.75 Å². The van der Waals surface area contributed by atoms with Gasteiger partial charge in [-0.1, -0.05) is 60.3 Å². The predicted molar refractivity (Wildman–Crippen MR) is 143 cm³/mol. The molecule has 0 spiro atoms. The molecule has 0 bridgehead atoms. The lowest BCUT2D eigenvalue weighted by Gasteiger charge is -2.15. The molecule has 0 atom stereocenters. The van der Waals surface area contributed by atoms with Gasteiger partial charge in [-0.25, -0.2) is 0 Å². The molecular weight excluding hydrogens is 478 g/mol. The molecule has 3 aromatic carbocycles. The van der Waals surface area contributed by atoms with Crippen LogP contribution in [0.3, 0.4) is 0 Å². The summed E-state index contributed by atoms with van der Waals surface area (Å²) < 4.78 is 7.57. The molecule has 174 valence electrons. The van der Waals surface area contributed by atoms with E-state index in [1.807, 2.05) is 48.7 Å². The second-order valence-corrected chi connectivity index (χ2v) is 9.58. The van der Waals surface area contributed by atoms with Crippen LogP contribution in [-0.4, -0.2) is 32.8 Å². The lowest BCUT2D eigenvalue weighted by atomic mass is 10.1. The van der Waals surface area contributed by atoms with Crippen molar-refractivity contribution in [2.24, 2.45) is 0 Å². The predicted octanol–water partition coefficient (Wildman–Crippen LogP) is 5.24. The first-order valence-electron chi connectivity index (χ1n) is 10.9. The third kappa shape index (κ3) is 4.71.